The Morgan fingerprint density at radius 1 is 1.56 bits per heavy atom. The van der Waals surface area contributed by atoms with E-state index >= 15 is 0 Å². The van der Waals surface area contributed by atoms with Gasteiger partial charge in [-0.05, 0) is 41.7 Å². The van der Waals surface area contributed by atoms with E-state index in [0.29, 0.717) is 24.9 Å². The van der Waals surface area contributed by atoms with E-state index in [9.17, 15) is 4.79 Å². The van der Waals surface area contributed by atoms with E-state index in [1.165, 1.54) is 6.42 Å². The van der Waals surface area contributed by atoms with E-state index in [1.807, 2.05) is 21.7 Å². The molecule has 0 saturated heterocycles. The van der Waals surface area contributed by atoms with E-state index in [1.54, 1.807) is 11.3 Å². The number of hydrogen-bond acceptors (Lipinski definition) is 2. The summed E-state index contributed by atoms with van der Waals surface area (Å²) in [4.78, 5) is 14.1. The van der Waals surface area contributed by atoms with Crippen LogP contribution in [0.4, 0.5) is 0 Å². The van der Waals surface area contributed by atoms with Crippen molar-refractivity contribution in [2.45, 2.75) is 31.7 Å². The molecule has 1 fully saturated rings. The maximum absolute atomic E-state index is 12.1. The van der Waals surface area contributed by atoms with Crippen molar-refractivity contribution in [3.8, 4) is 0 Å². The van der Waals surface area contributed by atoms with Gasteiger partial charge in [-0.15, -0.1) is 11.6 Å². The van der Waals surface area contributed by atoms with Gasteiger partial charge >= 0.3 is 0 Å². The van der Waals surface area contributed by atoms with Crippen LogP contribution in [0.3, 0.4) is 0 Å². The third-order valence-electron chi connectivity index (χ3n) is 3.10. The summed E-state index contributed by atoms with van der Waals surface area (Å²) in [6.07, 6.45) is 4.06. The van der Waals surface area contributed by atoms with Gasteiger partial charge in [0.15, 0.2) is 0 Å². The fourth-order valence-electron chi connectivity index (χ4n) is 1.97. The van der Waals surface area contributed by atoms with Crippen molar-refractivity contribution in [1.82, 2.24) is 4.90 Å². The summed E-state index contributed by atoms with van der Waals surface area (Å²) in [6.45, 7) is 0.690. The summed E-state index contributed by atoms with van der Waals surface area (Å²) in [5, 5.41) is 4.05. The molecular formula is C12H16ClNOS. The summed E-state index contributed by atoms with van der Waals surface area (Å²) in [6, 6.07) is 2.47. The number of amides is 1. The molecule has 1 amide bonds. The first-order valence-corrected chi connectivity index (χ1v) is 7.15. The lowest BCUT2D eigenvalue weighted by atomic mass is 9.91. The first-order valence-electron chi connectivity index (χ1n) is 5.68. The Morgan fingerprint density at radius 2 is 2.38 bits per heavy atom. The second kappa shape index (κ2) is 5.69. The van der Waals surface area contributed by atoms with Crippen molar-refractivity contribution in [2.75, 3.05) is 12.4 Å². The van der Waals surface area contributed by atoms with Crippen LogP contribution in [0.1, 0.15) is 24.8 Å². The zero-order valence-corrected chi connectivity index (χ0v) is 10.8. The van der Waals surface area contributed by atoms with E-state index < -0.39 is 0 Å². The molecule has 0 bridgehead atoms. The SMILES string of the molecule is O=C(Cc1ccsc1)N(CCCl)C1CCC1. The quantitative estimate of drug-likeness (QED) is 0.743. The normalized spacial score (nSPS) is 15.8. The summed E-state index contributed by atoms with van der Waals surface area (Å²) < 4.78 is 0. The molecule has 0 aromatic carbocycles. The van der Waals surface area contributed by atoms with Gasteiger partial charge in [0.05, 0.1) is 6.42 Å². The molecule has 0 aliphatic heterocycles. The van der Waals surface area contributed by atoms with Crippen LogP contribution in [0.15, 0.2) is 16.8 Å². The predicted octanol–water partition coefficient (Wildman–Crippen LogP) is 2.91. The lowest BCUT2D eigenvalue weighted by molar-refractivity contribution is -0.134. The van der Waals surface area contributed by atoms with Crippen LogP contribution in [0.25, 0.3) is 0 Å². The van der Waals surface area contributed by atoms with Crippen LogP contribution in [0.5, 0.6) is 0 Å². The van der Waals surface area contributed by atoms with Gasteiger partial charge in [-0.1, -0.05) is 0 Å². The first-order chi connectivity index (χ1) is 7.81. The Labute approximate surface area is 105 Å². The predicted molar refractivity (Wildman–Crippen MR) is 68.1 cm³/mol. The second-order valence-corrected chi connectivity index (χ2v) is 5.33. The highest BCUT2D eigenvalue weighted by molar-refractivity contribution is 7.07. The largest absolute Gasteiger partial charge is 0.338 e. The Morgan fingerprint density at radius 3 is 2.88 bits per heavy atom. The zero-order chi connectivity index (χ0) is 11.4. The summed E-state index contributed by atoms with van der Waals surface area (Å²) in [7, 11) is 0. The molecule has 0 N–H and O–H groups in total. The summed E-state index contributed by atoms with van der Waals surface area (Å²) in [5.41, 5.74) is 1.12. The Kier molecular flexibility index (Phi) is 4.24. The van der Waals surface area contributed by atoms with Crippen LogP contribution in [-0.2, 0) is 11.2 Å². The van der Waals surface area contributed by atoms with Crippen molar-refractivity contribution >= 4 is 28.8 Å². The highest BCUT2D eigenvalue weighted by Crippen LogP contribution is 2.25. The van der Waals surface area contributed by atoms with E-state index in [2.05, 4.69) is 0 Å². The molecule has 0 atom stereocenters. The Bertz CT molecular complexity index is 335. The standard InChI is InChI=1S/C12H16ClNOS/c13-5-6-14(11-2-1-3-11)12(15)8-10-4-7-16-9-10/h4,7,9,11H,1-3,5-6,8H2. The minimum atomic E-state index is 0.226. The van der Waals surface area contributed by atoms with E-state index in [0.717, 1.165) is 18.4 Å². The lowest BCUT2D eigenvalue weighted by Crippen LogP contribution is -2.45. The number of thiophene rings is 1. The average Bonchev–Trinajstić information content (AvgIpc) is 2.67. The van der Waals surface area contributed by atoms with Gasteiger partial charge in [-0.25, -0.2) is 0 Å². The molecule has 88 valence electrons. The third kappa shape index (κ3) is 2.77. The topological polar surface area (TPSA) is 20.3 Å². The van der Waals surface area contributed by atoms with Gasteiger partial charge in [0, 0.05) is 18.5 Å². The van der Waals surface area contributed by atoms with Crippen LogP contribution < -0.4 is 0 Å². The molecule has 1 aliphatic rings. The lowest BCUT2D eigenvalue weighted by Gasteiger charge is -2.37. The fraction of sp³-hybridized carbons (Fsp3) is 0.583. The number of carbonyl (C=O) groups is 1. The number of hydrogen-bond donors (Lipinski definition) is 0. The van der Waals surface area contributed by atoms with Crippen molar-refractivity contribution < 1.29 is 4.79 Å². The molecule has 4 heteroatoms. The monoisotopic (exact) mass is 257 g/mol. The first kappa shape index (κ1) is 11.9. The highest BCUT2D eigenvalue weighted by Gasteiger charge is 2.27. The maximum Gasteiger partial charge on any atom is 0.227 e. The van der Waals surface area contributed by atoms with Crippen molar-refractivity contribution in [1.29, 1.82) is 0 Å². The van der Waals surface area contributed by atoms with Gasteiger partial charge in [-0.2, -0.15) is 11.3 Å². The molecule has 0 spiro atoms. The Hall–Kier alpha value is -0.540. The fourth-order valence-corrected chi connectivity index (χ4v) is 2.82. The van der Waals surface area contributed by atoms with Crippen molar-refractivity contribution in [3.05, 3.63) is 22.4 Å². The van der Waals surface area contributed by atoms with Gasteiger partial charge in [0.2, 0.25) is 5.91 Å². The van der Waals surface area contributed by atoms with Crippen LogP contribution >= 0.6 is 22.9 Å². The summed E-state index contributed by atoms with van der Waals surface area (Å²) in [5.74, 6) is 0.759. The highest BCUT2D eigenvalue weighted by atomic mass is 35.5. The number of alkyl halides is 1. The summed E-state index contributed by atoms with van der Waals surface area (Å²) >= 11 is 7.39. The molecule has 1 heterocycles. The van der Waals surface area contributed by atoms with Gasteiger partial charge in [0.25, 0.3) is 0 Å². The van der Waals surface area contributed by atoms with Gasteiger partial charge < -0.3 is 4.90 Å². The molecule has 1 aromatic rings. The van der Waals surface area contributed by atoms with Crippen LogP contribution in [0.2, 0.25) is 0 Å². The molecule has 2 rings (SSSR count). The zero-order valence-electron chi connectivity index (χ0n) is 9.19. The third-order valence-corrected chi connectivity index (χ3v) is 4.00. The average molecular weight is 258 g/mol. The number of carbonyl (C=O) groups excluding carboxylic acids is 1. The second-order valence-electron chi connectivity index (χ2n) is 4.17. The van der Waals surface area contributed by atoms with Crippen LogP contribution in [0, 0.1) is 0 Å². The molecule has 1 saturated carbocycles. The van der Waals surface area contributed by atoms with Gasteiger partial charge in [0.1, 0.15) is 0 Å². The molecule has 1 aromatic heterocycles. The number of nitrogens with zero attached hydrogens (tertiary/aromatic N) is 1. The molecule has 1 aliphatic carbocycles. The molecule has 0 radical (unpaired) electrons. The molecule has 16 heavy (non-hydrogen) atoms. The van der Waals surface area contributed by atoms with Gasteiger partial charge in [-0.3, -0.25) is 4.79 Å². The molecular weight excluding hydrogens is 242 g/mol. The number of rotatable bonds is 5. The minimum Gasteiger partial charge on any atom is -0.338 e. The van der Waals surface area contributed by atoms with Crippen molar-refractivity contribution in [2.24, 2.45) is 0 Å². The van der Waals surface area contributed by atoms with E-state index in [-0.39, 0.29) is 5.91 Å². The van der Waals surface area contributed by atoms with E-state index in [4.69, 9.17) is 11.6 Å². The molecule has 2 nitrogen and oxygen atoms in total. The molecule has 0 unspecified atom stereocenters. The minimum absolute atomic E-state index is 0.226. The maximum atomic E-state index is 12.1. The smallest absolute Gasteiger partial charge is 0.227 e. The van der Waals surface area contributed by atoms with Crippen LogP contribution in [-0.4, -0.2) is 29.3 Å². The number of halogens is 1. The Balaban J connectivity index is 1.93. The van der Waals surface area contributed by atoms with Crippen molar-refractivity contribution in [3.63, 3.8) is 0 Å².